The maximum Gasteiger partial charge on any atom is 0.121 e. The van der Waals surface area contributed by atoms with Crippen molar-refractivity contribution < 1.29 is 9.84 Å². The molecule has 4 atom stereocenters. The van der Waals surface area contributed by atoms with Crippen molar-refractivity contribution in [2.45, 2.75) is 52.1 Å². The zero-order valence-corrected chi connectivity index (χ0v) is 16.1. The number of para-hydroxylation sites is 1. The number of aromatic hydroxyl groups is 1. The first-order valence-electron chi connectivity index (χ1n) is 10.1. The molecule has 0 aromatic heterocycles. The molecule has 0 saturated carbocycles. The molecular formula is C24H32O2. The van der Waals surface area contributed by atoms with Crippen molar-refractivity contribution in [2.24, 2.45) is 17.8 Å². The van der Waals surface area contributed by atoms with Gasteiger partial charge >= 0.3 is 0 Å². The van der Waals surface area contributed by atoms with E-state index < -0.39 is 0 Å². The summed E-state index contributed by atoms with van der Waals surface area (Å²) in [6, 6.07) is 7.65. The summed E-state index contributed by atoms with van der Waals surface area (Å²) in [6.45, 7) is 5.17. The third kappa shape index (κ3) is 4.48. The average Bonchev–Trinajstić information content (AvgIpc) is 3.07. The Morgan fingerprint density at radius 2 is 2.04 bits per heavy atom. The van der Waals surface area contributed by atoms with Crippen LogP contribution < -0.4 is 0 Å². The van der Waals surface area contributed by atoms with Crippen molar-refractivity contribution in [1.82, 2.24) is 0 Å². The van der Waals surface area contributed by atoms with Gasteiger partial charge < -0.3 is 9.84 Å². The molecule has 2 aliphatic rings. The lowest BCUT2D eigenvalue weighted by Crippen LogP contribution is -2.16. The van der Waals surface area contributed by atoms with E-state index in [9.17, 15) is 5.11 Å². The summed E-state index contributed by atoms with van der Waals surface area (Å²) in [5.41, 5.74) is 2.50. The van der Waals surface area contributed by atoms with Crippen LogP contribution in [0.2, 0.25) is 0 Å². The first-order chi connectivity index (χ1) is 12.7. The fraction of sp³-hybridized carbons (Fsp3) is 0.500. The van der Waals surface area contributed by atoms with E-state index in [1.165, 1.54) is 12.8 Å². The van der Waals surface area contributed by atoms with Crippen LogP contribution in [0.5, 0.6) is 5.75 Å². The van der Waals surface area contributed by atoms with Crippen molar-refractivity contribution in [3.8, 4) is 5.75 Å². The van der Waals surface area contributed by atoms with Gasteiger partial charge in [0.25, 0.3) is 0 Å². The highest BCUT2D eigenvalue weighted by atomic mass is 16.5. The molecule has 0 bridgehead atoms. The molecule has 2 nitrogen and oxygen atoms in total. The van der Waals surface area contributed by atoms with Crippen LogP contribution in [0, 0.1) is 17.8 Å². The molecule has 2 heteroatoms. The minimum absolute atomic E-state index is 0.00327. The van der Waals surface area contributed by atoms with Crippen LogP contribution in [-0.2, 0) is 4.74 Å². The highest BCUT2D eigenvalue weighted by molar-refractivity contribution is 5.35. The summed E-state index contributed by atoms with van der Waals surface area (Å²) in [5, 5.41) is 10.3. The monoisotopic (exact) mass is 352 g/mol. The summed E-state index contributed by atoms with van der Waals surface area (Å²) in [6.07, 6.45) is 17.2. The second kappa shape index (κ2) is 9.23. The zero-order valence-electron chi connectivity index (χ0n) is 16.1. The van der Waals surface area contributed by atoms with Gasteiger partial charge in [0.15, 0.2) is 0 Å². The third-order valence-corrected chi connectivity index (χ3v) is 5.83. The summed E-state index contributed by atoms with van der Waals surface area (Å²) < 4.78 is 6.18. The van der Waals surface area contributed by atoms with Crippen LogP contribution in [0.4, 0.5) is 0 Å². The van der Waals surface area contributed by atoms with Crippen LogP contribution in [-0.4, -0.2) is 11.7 Å². The lowest BCUT2D eigenvalue weighted by Gasteiger charge is -2.25. The lowest BCUT2D eigenvalue weighted by molar-refractivity contribution is 0.0852. The quantitative estimate of drug-likeness (QED) is 0.579. The van der Waals surface area contributed by atoms with Crippen LogP contribution in [0.25, 0.3) is 0 Å². The Morgan fingerprint density at radius 3 is 2.81 bits per heavy atom. The Balaban J connectivity index is 1.72. The molecule has 4 unspecified atom stereocenters. The number of ether oxygens (including phenoxy) is 1. The molecule has 1 aromatic carbocycles. The number of hydrogen-bond donors (Lipinski definition) is 1. The molecule has 1 aliphatic heterocycles. The predicted octanol–water partition coefficient (Wildman–Crippen LogP) is 6.35. The van der Waals surface area contributed by atoms with Crippen LogP contribution >= 0.6 is 0 Å². The lowest BCUT2D eigenvalue weighted by atomic mass is 9.80. The minimum atomic E-state index is -0.00327. The average molecular weight is 353 g/mol. The number of hydrogen-bond acceptors (Lipinski definition) is 2. The normalized spacial score (nSPS) is 28.6. The molecule has 26 heavy (non-hydrogen) atoms. The van der Waals surface area contributed by atoms with E-state index in [1.807, 2.05) is 18.2 Å². The molecule has 140 valence electrons. The Labute approximate surface area is 158 Å². The first-order valence-corrected chi connectivity index (χ1v) is 10.1. The van der Waals surface area contributed by atoms with Crippen molar-refractivity contribution in [3.63, 3.8) is 0 Å². The van der Waals surface area contributed by atoms with Gasteiger partial charge in [-0.15, -0.1) is 0 Å². The molecule has 0 spiro atoms. The van der Waals surface area contributed by atoms with E-state index in [2.05, 4.69) is 44.2 Å². The first kappa shape index (κ1) is 19.0. The fourth-order valence-electron chi connectivity index (χ4n) is 4.30. The van der Waals surface area contributed by atoms with Crippen molar-refractivity contribution in [3.05, 3.63) is 65.8 Å². The number of rotatable bonds is 7. The summed E-state index contributed by atoms with van der Waals surface area (Å²) in [7, 11) is 0. The SMILES string of the molecule is CC/C=C\C1COC(c2ccccc2O)C1CCC1C=CC=C(CC)C1. The van der Waals surface area contributed by atoms with Crippen molar-refractivity contribution in [2.75, 3.05) is 6.61 Å². The second-order valence-electron chi connectivity index (χ2n) is 7.58. The molecule has 3 rings (SSSR count). The van der Waals surface area contributed by atoms with Crippen molar-refractivity contribution >= 4 is 0 Å². The van der Waals surface area contributed by atoms with Gasteiger partial charge in [-0.1, -0.05) is 68.0 Å². The Hall–Kier alpha value is -1.80. The highest BCUT2D eigenvalue weighted by Crippen LogP contribution is 2.45. The zero-order chi connectivity index (χ0) is 18.4. The molecule has 0 amide bonds. The fourth-order valence-corrected chi connectivity index (χ4v) is 4.30. The molecule has 1 aliphatic carbocycles. The molecule has 1 saturated heterocycles. The number of allylic oxidation sites excluding steroid dienone is 5. The largest absolute Gasteiger partial charge is 0.508 e. The predicted molar refractivity (Wildman–Crippen MR) is 108 cm³/mol. The van der Waals surface area contributed by atoms with Crippen LogP contribution in [0.15, 0.2) is 60.2 Å². The van der Waals surface area contributed by atoms with Crippen LogP contribution in [0.1, 0.15) is 57.6 Å². The smallest absolute Gasteiger partial charge is 0.121 e. The van der Waals surface area contributed by atoms with Crippen LogP contribution in [0.3, 0.4) is 0 Å². The van der Waals surface area contributed by atoms with E-state index in [0.29, 0.717) is 23.5 Å². The van der Waals surface area contributed by atoms with Gasteiger partial charge in [-0.3, -0.25) is 0 Å². The van der Waals surface area contributed by atoms with E-state index in [0.717, 1.165) is 31.4 Å². The molecule has 1 aromatic rings. The third-order valence-electron chi connectivity index (χ3n) is 5.83. The second-order valence-corrected chi connectivity index (χ2v) is 7.58. The summed E-state index contributed by atoms with van der Waals surface area (Å²) in [4.78, 5) is 0. The molecule has 1 fully saturated rings. The minimum Gasteiger partial charge on any atom is -0.508 e. The van der Waals surface area contributed by atoms with Crippen molar-refractivity contribution in [1.29, 1.82) is 0 Å². The summed E-state index contributed by atoms with van der Waals surface area (Å²) in [5.74, 6) is 1.86. The van der Waals surface area contributed by atoms with Gasteiger partial charge in [0, 0.05) is 11.5 Å². The van der Waals surface area contributed by atoms with Gasteiger partial charge in [-0.05, 0) is 50.0 Å². The van der Waals surface area contributed by atoms with Gasteiger partial charge in [-0.2, -0.15) is 0 Å². The van der Waals surface area contributed by atoms with Gasteiger partial charge in [0.1, 0.15) is 5.75 Å². The van der Waals surface area contributed by atoms with Gasteiger partial charge in [0.05, 0.1) is 12.7 Å². The highest BCUT2D eigenvalue weighted by Gasteiger charge is 2.37. The van der Waals surface area contributed by atoms with E-state index in [1.54, 1.807) is 11.6 Å². The summed E-state index contributed by atoms with van der Waals surface area (Å²) >= 11 is 0. The molecular weight excluding hydrogens is 320 g/mol. The maximum absolute atomic E-state index is 10.3. The number of benzene rings is 1. The Bertz CT molecular complexity index is 671. The van der Waals surface area contributed by atoms with Gasteiger partial charge in [0.2, 0.25) is 0 Å². The molecule has 1 heterocycles. The van der Waals surface area contributed by atoms with E-state index in [4.69, 9.17) is 4.74 Å². The Kier molecular flexibility index (Phi) is 6.73. The van der Waals surface area contributed by atoms with E-state index >= 15 is 0 Å². The van der Waals surface area contributed by atoms with E-state index in [-0.39, 0.29) is 6.10 Å². The number of phenolic OH excluding ortho intramolecular Hbond substituents is 1. The Morgan fingerprint density at radius 1 is 1.19 bits per heavy atom. The number of phenols is 1. The molecule has 0 radical (unpaired) electrons. The standard InChI is InChI=1S/C24H32O2/c1-3-5-11-20-17-26-24(22-12-6-7-13-23(22)25)21(20)15-14-19-10-8-9-18(4-2)16-19/h5-13,19-21,24-25H,3-4,14-17H2,1-2H3/b11-5-. The maximum atomic E-state index is 10.3. The van der Waals surface area contributed by atoms with Gasteiger partial charge in [-0.25, -0.2) is 0 Å². The molecule has 1 N–H and O–H groups in total. The topological polar surface area (TPSA) is 29.5 Å².